The third-order valence-electron chi connectivity index (χ3n) is 6.87. The van der Waals surface area contributed by atoms with E-state index in [0.717, 1.165) is 49.6 Å². The van der Waals surface area contributed by atoms with Gasteiger partial charge in [0.2, 0.25) is 5.91 Å². The molecule has 5 rings (SSSR count). The summed E-state index contributed by atoms with van der Waals surface area (Å²) in [5.41, 5.74) is 4.69. The molecule has 1 atom stereocenters. The summed E-state index contributed by atoms with van der Waals surface area (Å²) in [7, 11) is 1.70. The van der Waals surface area contributed by atoms with Crippen molar-refractivity contribution < 1.29 is 9.53 Å². The van der Waals surface area contributed by atoms with Gasteiger partial charge < -0.3 is 19.5 Å². The molecule has 0 spiro atoms. The monoisotopic (exact) mass is 453 g/mol. The number of aromatic amines is 1. The Labute approximate surface area is 201 Å². The highest BCUT2D eigenvalue weighted by Crippen LogP contribution is 2.32. The first-order valence-corrected chi connectivity index (χ1v) is 12.0. The number of ether oxygens (including phenoxy) is 1. The van der Waals surface area contributed by atoms with Gasteiger partial charge in [-0.1, -0.05) is 60.7 Å². The number of hydrogen-bond acceptors (Lipinski definition) is 3. The predicted molar refractivity (Wildman–Crippen MR) is 138 cm³/mol. The van der Waals surface area contributed by atoms with Crippen molar-refractivity contribution in [1.82, 2.24) is 9.88 Å². The Morgan fingerprint density at radius 3 is 2.41 bits per heavy atom. The van der Waals surface area contributed by atoms with Gasteiger partial charge in [-0.05, 0) is 41.7 Å². The SMILES string of the molecule is COc1ccccc1N1CCN(C(=O)CC(Cc2ccccc2)c2c[nH]c3ccccc23)CC1. The zero-order valence-electron chi connectivity index (χ0n) is 19.6. The zero-order chi connectivity index (χ0) is 23.3. The highest BCUT2D eigenvalue weighted by Gasteiger charge is 2.26. The number of amides is 1. The van der Waals surface area contributed by atoms with E-state index in [4.69, 9.17) is 4.74 Å². The summed E-state index contributed by atoms with van der Waals surface area (Å²) >= 11 is 0. The first kappa shape index (κ1) is 22.1. The van der Waals surface area contributed by atoms with Crippen LogP contribution < -0.4 is 9.64 Å². The maximum Gasteiger partial charge on any atom is 0.223 e. The number of H-pyrrole nitrogens is 1. The van der Waals surface area contributed by atoms with Crippen molar-refractivity contribution in [1.29, 1.82) is 0 Å². The maximum absolute atomic E-state index is 13.5. The first-order chi connectivity index (χ1) is 16.7. The fourth-order valence-electron chi connectivity index (χ4n) is 5.05. The number of para-hydroxylation sites is 3. The van der Waals surface area contributed by atoms with E-state index >= 15 is 0 Å². The average Bonchev–Trinajstić information content (AvgIpc) is 3.33. The van der Waals surface area contributed by atoms with Gasteiger partial charge in [0.05, 0.1) is 12.8 Å². The number of aromatic nitrogens is 1. The molecule has 1 amide bonds. The summed E-state index contributed by atoms with van der Waals surface area (Å²) < 4.78 is 5.53. The van der Waals surface area contributed by atoms with Crippen LogP contribution in [0.25, 0.3) is 10.9 Å². The number of methoxy groups -OCH3 is 1. The number of anilines is 1. The Morgan fingerprint density at radius 2 is 1.62 bits per heavy atom. The number of carbonyl (C=O) groups excluding carboxylic acids is 1. The molecular weight excluding hydrogens is 422 g/mol. The minimum absolute atomic E-state index is 0.123. The van der Waals surface area contributed by atoms with E-state index in [1.165, 1.54) is 16.5 Å². The molecule has 3 aromatic carbocycles. The Kier molecular flexibility index (Phi) is 6.52. The number of benzene rings is 3. The normalized spacial score (nSPS) is 14.9. The lowest BCUT2D eigenvalue weighted by Crippen LogP contribution is -2.49. The second-order valence-corrected chi connectivity index (χ2v) is 8.92. The molecule has 1 unspecified atom stereocenters. The smallest absolute Gasteiger partial charge is 0.223 e. The number of fused-ring (bicyclic) bond motifs is 1. The molecule has 5 heteroatoms. The average molecular weight is 454 g/mol. The number of nitrogens with one attached hydrogen (secondary N) is 1. The Balaban J connectivity index is 1.31. The number of carbonyl (C=O) groups is 1. The van der Waals surface area contributed by atoms with Crippen LogP contribution in [-0.4, -0.2) is 49.1 Å². The minimum atomic E-state index is 0.123. The molecule has 2 heterocycles. The molecule has 0 bridgehead atoms. The summed E-state index contributed by atoms with van der Waals surface area (Å²) in [6.07, 6.45) is 3.44. The van der Waals surface area contributed by atoms with Crippen LogP contribution in [0.1, 0.15) is 23.5 Å². The van der Waals surface area contributed by atoms with Crippen LogP contribution in [0.5, 0.6) is 5.75 Å². The van der Waals surface area contributed by atoms with Gasteiger partial charge in [0, 0.05) is 49.7 Å². The molecule has 1 aliphatic heterocycles. The van der Waals surface area contributed by atoms with E-state index in [-0.39, 0.29) is 11.8 Å². The fourth-order valence-corrected chi connectivity index (χ4v) is 5.05. The van der Waals surface area contributed by atoms with Crippen LogP contribution in [0.3, 0.4) is 0 Å². The van der Waals surface area contributed by atoms with Gasteiger partial charge in [0.15, 0.2) is 0 Å². The molecule has 34 heavy (non-hydrogen) atoms. The van der Waals surface area contributed by atoms with E-state index in [1.807, 2.05) is 35.2 Å². The van der Waals surface area contributed by atoms with E-state index in [0.29, 0.717) is 6.42 Å². The van der Waals surface area contributed by atoms with Crippen molar-refractivity contribution in [3.63, 3.8) is 0 Å². The van der Waals surface area contributed by atoms with Crippen molar-refractivity contribution in [2.75, 3.05) is 38.2 Å². The molecule has 0 aliphatic carbocycles. The van der Waals surface area contributed by atoms with E-state index in [9.17, 15) is 4.79 Å². The van der Waals surface area contributed by atoms with Crippen LogP contribution in [0, 0.1) is 0 Å². The van der Waals surface area contributed by atoms with Gasteiger partial charge in [-0.15, -0.1) is 0 Å². The summed E-state index contributed by atoms with van der Waals surface area (Å²) in [6.45, 7) is 3.07. The van der Waals surface area contributed by atoms with Crippen LogP contribution in [0.2, 0.25) is 0 Å². The highest BCUT2D eigenvalue weighted by molar-refractivity contribution is 5.85. The standard InChI is InChI=1S/C29H31N3O2/c1-34-28-14-8-7-13-27(28)31-15-17-32(18-16-31)29(33)20-23(19-22-9-3-2-4-10-22)25-21-30-26-12-6-5-11-24(25)26/h2-14,21,23,30H,15-20H2,1H3. The van der Waals surface area contributed by atoms with E-state index in [2.05, 4.69) is 64.6 Å². The van der Waals surface area contributed by atoms with Crippen molar-refractivity contribution in [2.45, 2.75) is 18.8 Å². The summed E-state index contributed by atoms with van der Waals surface area (Å²) in [4.78, 5) is 21.2. The Morgan fingerprint density at radius 1 is 0.912 bits per heavy atom. The number of nitrogens with zero attached hydrogens (tertiary/aromatic N) is 2. The number of piperazine rings is 1. The minimum Gasteiger partial charge on any atom is -0.495 e. The lowest BCUT2D eigenvalue weighted by molar-refractivity contribution is -0.131. The second-order valence-electron chi connectivity index (χ2n) is 8.92. The number of rotatable bonds is 7. The van der Waals surface area contributed by atoms with Gasteiger partial charge in [0.1, 0.15) is 5.75 Å². The zero-order valence-corrected chi connectivity index (χ0v) is 19.6. The second kappa shape index (κ2) is 10.0. The van der Waals surface area contributed by atoms with Crippen molar-refractivity contribution in [3.8, 4) is 5.75 Å². The molecule has 1 fully saturated rings. The van der Waals surface area contributed by atoms with Gasteiger partial charge in [-0.2, -0.15) is 0 Å². The van der Waals surface area contributed by atoms with E-state index in [1.54, 1.807) is 7.11 Å². The maximum atomic E-state index is 13.5. The quantitative estimate of drug-likeness (QED) is 0.416. The third kappa shape index (κ3) is 4.65. The summed E-state index contributed by atoms with van der Waals surface area (Å²) in [6, 6.07) is 26.9. The molecular formula is C29H31N3O2. The molecule has 1 aliphatic rings. The van der Waals surface area contributed by atoms with Crippen molar-refractivity contribution in [3.05, 3.63) is 96.2 Å². The van der Waals surface area contributed by atoms with E-state index < -0.39 is 0 Å². The molecule has 4 aromatic rings. The lowest BCUT2D eigenvalue weighted by Gasteiger charge is -2.37. The van der Waals surface area contributed by atoms with Gasteiger partial charge in [-0.3, -0.25) is 4.79 Å². The molecule has 5 nitrogen and oxygen atoms in total. The van der Waals surface area contributed by atoms with Gasteiger partial charge in [0.25, 0.3) is 0 Å². The largest absolute Gasteiger partial charge is 0.495 e. The summed E-state index contributed by atoms with van der Waals surface area (Å²) in [5, 5.41) is 1.21. The molecule has 174 valence electrons. The topological polar surface area (TPSA) is 48.6 Å². The Hall–Kier alpha value is -3.73. The molecule has 1 saturated heterocycles. The molecule has 0 radical (unpaired) electrons. The van der Waals surface area contributed by atoms with Crippen LogP contribution >= 0.6 is 0 Å². The number of hydrogen-bond donors (Lipinski definition) is 1. The first-order valence-electron chi connectivity index (χ1n) is 12.0. The van der Waals surface area contributed by atoms with Gasteiger partial charge >= 0.3 is 0 Å². The van der Waals surface area contributed by atoms with Crippen molar-refractivity contribution in [2.24, 2.45) is 0 Å². The lowest BCUT2D eigenvalue weighted by atomic mass is 9.88. The highest BCUT2D eigenvalue weighted by atomic mass is 16.5. The molecule has 1 N–H and O–H groups in total. The summed E-state index contributed by atoms with van der Waals surface area (Å²) in [5.74, 6) is 1.23. The Bertz CT molecular complexity index is 1240. The van der Waals surface area contributed by atoms with Gasteiger partial charge in [-0.25, -0.2) is 0 Å². The third-order valence-corrected chi connectivity index (χ3v) is 6.87. The van der Waals surface area contributed by atoms with Crippen LogP contribution in [-0.2, 0) is 11.2 Å². The molecule has 1 aromatic heterocycles. The van der Waals surface area contributed by atoms with Crippen LogP contribution in [0.15, 0.2) is 85.1 Å². The predicted octanol–water partition coefficient (Wildman–Crippen LogP) is 5.24. The van der Waals surface area contributed by atoms with Crippen LogP contribution in [0.4, 0.5) is 5.69 Å². The fraction of sp³-hybridized carbons (Fsp3) is 0.276. The van der Waals surface area contributed by atoms with Crippen molar-refractivity contribution >= 4 is 22.5 Å². The molecule has 0 saturated carbocycles.